The lowest BCUT2D eigenvalue weighted by Gasteiger charge is -2.13. The second-order valence-corrected chi connectivity index (χ2v) is 3.36. The van der Waals surface area contributed by atoms with Crippen molar-refractivity contribution < 1.29 is 10.2 Å². The van der Waals surface area contributed by atoms with E-state index in [1.807, 2.05) is 0 Å². The molecule has 0 saturated heterocycles. The molecule has 0 aliphatic rings. The second-order valence-electron chi connectivity index (χ2n) is 1.88. The summed E-state index contributed by atoms with van der Waals surface area (Å²) in [6.45, 7) is 0. The Balaban J connectivity index is 3.52. The number of nitroso groups, excluding NO2 is 2. The topological polar surface area (TPSA) is 99.3 Å². The van der Waals surface area contributed by atoms with Crippen LogP contribution in [-0.2, 0) is 0 Å². The molecule has 2 N–H and O–H groups in total. The average Bonchev–Trinajstić information content (AvgIpc) is 2.10. The van der Waals surface area contributed by atoms with Crippen LogP contribution in [0, 0.1) is 9.81 Å². The molecular formula is C4H8N2O4S2. The van der Waals surface area contributed by atoms with E-state index in [1.54, 1.807) is 0 Å². The first-order valence-electron chi connectivity index (χ1n) is 2.97. The van der Waals surface area contributed by atoms with Gasteiger partial charge in [0.25, 0.3) is 0 Å². The third-order valence-electron chi connectivity index (χ3n) is 1.04. The van der Waals surface area contributed by atoms with Crippen LogP contribution in [0.25, 0.3) is 0 Å². The van der Waals surface area contributed by atoms with Crippen LogP contribution >= 0.6 is 23.9 Å². The van der Waals surface area contributed by atoms with Gasteiger partial charge in [0, 0.05) is 44.6 Å². The zero-order valence-electron chi connectivity index (χ0n) is 5.99. The van der Waals surface area contributed by atoms with E-state index in [2.05, 4.69) is 9.16 Å². The minimum Gasteiger partial charge on any atom is -0.389 e. The SMILES string of the molecule is O=NSC[C@@H](O)[C@H](O)CSN=O. The van der Waals surface area contributed by atoms with Gasteiger partial charge in [-0.1, -0.05) is 0 Å². The Hall–Kier alpha value is -0.180. The van der Waals surface area contributed by atoms with Gasteiger partial charge in [0.05, 0.1) is 12.2 Å². The van der Waals surface area contributed by atoms with E-state index in [0.29, 0.717) is 23.9 Å². The summed E-state index contributed by atoms with van der Waals surface area (Å²) in [6, 6.07) is 0. The molecule has 0 bridgehead atoms. The van der Waals surface area contributed by atoms with Crippen molar-refractivity contribution in [2.24, 2.45) is 9.16 Å². The second kappa shape index (κ2) is 7.47. The van der Waals surface area contributed by atoms with Crippen molar-refractivity contribution in [2.75, 3.05) is 11.5 Å². The summed E-state index contributed by atoms with van der Waals surface area (Å²) >= 11 is 1.24. The van der Waals surface area contributed by atoms with Crippen LogP contribution in [-0.4, -0.2) is 33.9 Å². The molecule has 0 unspecified atom stereocenters. The van der Waals surface area contributed by atoms with Crippen LogP contribution in [0.2, 0.25) is 0 Å². The number of aliphatic hydroxyl groups excluding tert-OH is 2. The Kier molecular flexibility index (Phi) is 7.36. The average molecular weight is 212 g/mol. The zero-order chi connectivity index (χ0) is 9.40. The van der Waals surface area contributed by atoms with E-state index >= 15 is 0 Å². The maximum absolute atomic E-state index is 9.59. The molecule has 6 nitrogen and oxygen atoms in total. The maximum atomic E-state index is 9.59. The third-order valence-corrected chi connectivity index (χ3v) is 2.23. The molecule has 0 aromatic heterocycles. The maximum Gasteiger partial charge on any atom is 0.0917 e. The van der Waals surface area contributed by atoms with Crippen LogP contribution < -0.4 is 0 Å². The highest BCUT2D eigenvalue weighted by atomic mass is 32.2. The Labute approximate surface area is 77.3 Å². The van der Waals surface area contributed by atoms with E-state index in [-0.39, 0.29) is 11.5 Å². The Morgan fingerprint density at radius 1 is 1.00 bits per heavy atom. The highest BCUT2D eigenvalue weighted by Crippen LogP contribution is 2.11. The summed E-state index contributed by atoms with van der Waals surface area (Å²) in [5.74, 6) is 0.0359. The summed E-state index contributed by atoms with van der Waals surface area (Å²) in [4.78, 5) is 19.2. The lowest BCUT2D eigenvalue weighted by molar-refractivity contribution is 0.0500. The molecule has 0 spiro atoms. The molecule has 8 heteroatoms. The predicted octanol–water partition coefficient (Wildman–Crippen LogP) is 0.537. The van der Waals surface area contributed by atoms with Gasteiger partial charge in [0.1, 0.15) is 0 Å². The largest absolute Gasteiger partial charge is 0.389 e. The molecule has 0 rings (SSSR count). The van der Waals surface area contributed by atoms with E-state index in [1.165, 1.54) is 0 Å². The highest BCUT2D eigenvalue weighted by molar-refractivity contribution is 7.98. The van der Waals surface area contributed by atoms with Crippen molar-refractivity contribution in [1.82, 2.24) is 0 Å². The fourth-order valence-corrected chi connectivity index (χ4v) is 1.31. The molecule has 0 aromatic rings. The standard InChI is InChI=1S/C4H8N2O4S2/c7-3(1-11-5-9)4(8)2-12-6-10/h3-4,7-8H,1-2H2/t3-,4-/m1/s1. The quantitative estimate of drug-likeness (QED) is 0.472. The fraction of sp³-hybridized carbons (Fsp3) is 1.00. The van der Waals surface area contributed by atoms with Gasteiger partial charge in [-0.15, -0.1) is 9.81 Å². The molecule has 0 heterocycles. The summed E-state index contributed by atoms with van der Waals surface area (Å²) < 4.78 is 4.88. The molecule has 0 aromatic carbocycles. The molecule has 0 amide bonds. The normalized spacial score (nSPS) is 15.2. The first kappa shape index (κ1) is 11.8. The smallest absolute Gasteiger partial charge is 0.0917 e. The summed E-state index contributed by atoms with van der Waals surface area (Å²) in [5, 5.41) is 18.1. The Bertz CT molecular complexity index is 131. The monoisotopic (exact) mass is 212 g/mol. The number of rotatable bonds is 7. The molecule has 0 fully saturated rings. The molecule has 0 radical (unpaired) electrons. The van der Waals surface area contributed by atoms with Gasteiger partial charge in [0.15, 0.2) is 0 Å². The first-order chi connectivity index (χ1) is 5.72. The van der Waals surface area contributed by atoms with Gasteiger partial charge in [-0.2, -0.15) is 0 Å². The summed E-state index contributed by atoms with van der Waals surface area (Å²) in [5.41, 5.74) is 0. The molecule has 0 aliphatic carbocycles. The molecule has 0 saturated carbocycles. The van der Waals surface area contributed by atoms with Crippen molar-refractivity contribution >= 4 is 23.9 Å². The van der Waals surface area contributed by atoms with Crippen molar-refractivity contribution in [3.05, 3.63) is 9.81 Å². The Morgan fingerprint density at radius 2 is 1.33 bits per heavy atom. The van der Waals surface area contributed by atoms with Gasteiger partial charge in [-0.3, -0.25) is 0 Å². The minimum absolute atomic E-state index is 0.0179. The summed E-state index contributed by atoms with van der Waals surface area (Å²) in [6.07, 6.45) is -2.11. The van der Waals surface area contributed by atoms with E-state index in [4.69, 9.17) is 10.2 Å². The Morgan fingerprint density at radius 3 is 1.58 bits per heavy atom. The van der Waals surface area contributed by atoms with Crippen LogP contribution in [0.1, 0.15) is 0 Å². The summed E-state index contributed by atoms with van der Waals surface area (Å²) in [7, 11) is 0. The molecule has 0 aliphatic heterocycles. The predicted molar refractivity (Wildman–Crippen MR) is 48.5 cm³/mol. The molecular weight excluding hydrogens is 204 g/mol. The van der Waals surface area contributed by atoms with Crippen molar-refractivity contribution in [2.45, 2.75) is 12.2 Å². The number of hydrogen-bond acceptors (Lipinski definition) is 8. The third kappa shape index (κ3) is 5.47. The van der Waals surface area contributed by atoms with Crippen molar-refractivity contribution in [1.29, 1.82) is 0 Å². The lowest BCUT2D eigenvalue weighted by Crippen LogP contribution is -2.29. The molecule has 2 atom stereocenters. The minimum atomic E-state index is -1.05. The van der Waals surface area contributed by atoms with Crippen molar-refractivity contribution in [3.63, 3.8) is 0 Å². The van der Waals surface area contributed by atoms with E-state index in [0.717, 1.165) is 0 Å². The number of aliphatic hydroxyl groups is 2. The van der Waals surface area contributed by atoms with Crippen molar-refractivity contribution in [3.8, 4) is 0 Å². The first-order valence-corrected chi connectivity index (χ1v) is 4.86. The highest BCUT2D eigenvalue weighted by Gasteiger charge is 2.16. The van der Waals surface area contributed by atoms with E-state index in [9.17, 15) is 9.81 Å². The number of nitrogens with zero attached hydrogens (tertiary/aromatic N) is 2. The molecule has 12 heavy (non-hydrogen) atoms. The zero-order valence-corrected chi connectivity index (χ0v) is 7.62. The van der Waals surface area contributed by atoms with Crippen LogP contribution in [0.15, 0.2) is 9.16 Å². The van der Waals surface area contributed by atoms with Crippen LogP contribution in [0.4, 0.5) is 0 Å². The van der Waals surface area contributed by atoms with Gasteiger partial charge in [-0.25, -0.2) is 0 Å². The van der Waals surface area contributed by atoms with E-state index < -0.39 is 12.2 Å². The molecule has 70 valence electrons. The van der Waals surface area contributed by atoms with Gasteiger partial charge in [-0.05, 0) is 0 Å². The fourth-order valence-electron chi connectivity index (χ4n) is 0.436. The lowest BCUT2D eigenvalue weighted by atomic mass is 10.3. The van der Waals surface area contributed by atoms with Gasteiger partial charge < -0.3 is 10.2 Å². The van der Waals surface area contributed by atoms with Gasteiger partial charge >= 0.3 is 0 Å². The van der Waals surface area contributed by atoms with Gasteiger partial charge in [0.2, 0.25) is 0 Å². The van der Waals surface area contributed by atoms with Crippen LogP contribution in [0.3, 0.4) is 0 Å². The number of hydrogen-bond donors (Lipinski definition) is 2. The van der Waals surface area contributed by atoms with Crippen LogP contribution in [0.5, 0.6) is 0 Å².